The molecule has 0 rings (SSSR count). The summed E-state index contributed by atoms with van der Waals surface area (Å²) in [5, 5.41) is 41.2. The summed E-state index contributed by atoms with van der Waals surface area (Å²) in [7, 11) is 0. The Balaban J connectivity index is 6.52. The minimum atomic E-state index is -6.93. The summed E-state index contributed by atoms with van der Waals surface area (Å²) < 4.78 is 13.6. The SMILES string of the molecule is N#[C][Fe]([F])([C]#N)([C]#N)([C]#N)[C]#N. The van der Waals surface area contributed by atoms with Crippen LogP contribution in [0, 0.1) is 51.1 Å². The van der Waals surface area contributed by atoms with Gasteiger partial charge in [0.15, 0.2) is 0 Å². The van der Waals surface area contributed by atoms with Crippen LogP contribution in [-0.2, 0) is 11.2 Å². The van der Waals surface area contributed by atoms with Crippen molar-refractivity contribution in [3.8, 4) is 24.8 Å². The van der Waals surface area contributed by atoms with E-state index in [0.29, 0.717) is 24.8 Å². The van der Waals surface area contributed by atoms with Crippen LogP contribution in [0.3, 0.4) is 0 Å². The molecule has 0 amide bonds. The van der Waals surface area contributed by atoms with Crippen LogP contribution >= 0.6 is 0 Å². The molecule has 0 fully saturated rings. The van der Waals surface area contributed by atoms with Gasteiger partial charge in [-0.05, 0) is 0 Å². The molecule has 0 heterocycles. The van der Waals surface area contributed by atoms with Gasteiger partial charge in [0.2, 0.25) is 0 Å². The topological polar surface area (TPSA) is 119 Å². The predicted octanol–water partition coefficient (Wildman–Crippen LogP) is 0.502. The summed E-state index contributed by atoms with van der Waals surface area (Å²) in [5.41, 5.74) is 0. The van der Waals surface area contributed by atoms with Gasteiger partial charge in [0.05, 0.1) is 0 Å². The van der Waals surface area contributed by atoms with Crippen molar-refractivity contribution in [2.45, 2.75) is 0 Å². The Kier molecular flexibility index (Phi) is 1.43. The standard InChI is InChI=1S/5CN.FH.Fe/c5*1-2;;/h;;;;;1H;/q;;;;;;+1/p-1. The molecule has 0 aromatic rings. The number of nitriles is 5. The van der Waals surface area contributed by atoms with Crippen molar-refractivity contribution in [3.05, 3.63) is 0 Å². The van der Waals surface area contributed by atoms with Crippen LogP contribution in [0.1, 0.15) is 0 Å². The quantitative estimate of drug-likeness (QED) is 0.533. The Hall–Kier alpha value is -2.10. The van der Waals surface area contributed by atoms with Gasteiger partial charge in [0, 0.05) is 0 Å². The van der Waals surface area contributed by atoms with E-state index in [2.05, 4.69) is 0 Å². The van der Waals surface area contributed by atoms with Crippen molar-refractivity contribution in [2.24, 2.45) is 0 Å². The number of nitrogens with zero attached hydrogens (tertiary/aromatic N) is 5. The molecule has 0 aliphatic carbocycles. The fraction of sp³-hybridized carbons (Fsp3) is 0. The maximum absolute atomic E-state index is 13.6. The van der Waals surface area contributed by atoms with Gasteiger partial charge >= 0.3 is 65.9 Å². The van der Waals surface area contributed by atoms with Crippen molar-refractivity contribution in [1.82, 2.24) is 0 Å². The van der Waals surface area contributed by atoms with Crippen LogP contribution in [0.25, 0.3) is 0 Å². The monoisotopic (exact) mass is 205 g/mol. The minimum absolute atomic E-state index is 0.639. The van der Waals surface area contributed by atoms with Crippen LogP contribution in [0.2, 0.25) is 0 Å². The second-order valence-electron chi connectivity index (χ2n) is 1.61. The number of hydrogen-bond acceptors (Lipinski definition) is 5. The van der Waals surface area contributed by atoms with Crippen LogP contribution in [-0.4, -0.2) is 0 Å². The number of halogens is 1. The average Bonchev–Trinajstić information content (AvgIpc) is 2.19. The molecule has 0 aliphatic heterocycles. The van der Waals surface area contributed by atoms with E-state index < -0.39 is 11.2 Å². The molecular formula is C5FFeN5. The molecule has 12 heavy (non-hydrogen) atoms. The normalized spacial score (nSPS) is 14.3. The summed E-state index contributed by atoms with van der Waals surface area (Å²) in [6, 6.07) is 0. The zero-order chi connectivity index (χ0) is 9.94. The Morgan fingerprint density at radius 3 is 0.833 bits per heavy atom. The average molecular weight is 205 g/mol. The van der Waals surface area contributed by atoms with E-state index in [1.807, 2.05) is 0 Å². The van der Waals surface area contributed by atoms with E-state index in [-0.39, 0.29) is 0 Å². The van der Waals surface area contributed by atoms with E-state index in [4.69, 9.17) is 26.3 Å². The molecule has 60 valence electrons. The fourth-order valence-corrected chi connectivity index (χ4v) is 0.729. The van der Waals surface area contributed by atoms with Gasteiger partial charge in [-0.25, -0.2) is 0 Å². The van der Waals surface area contributed by atoms with E-state index in [1.165, 1.54) is 0 Å². The second kappa shape index (κ2) is 1.73. The summed E-state index contributed by atoms with van der Waals surface area (Å²) in [6.07, 6.45) is 0. The van der Waals surface area contributed by atoms with E-state index in [0.717, 1.165) is 0 Å². The zero-order valence-corrected chi connectivity index (χ0v) is 6.57. The molecule has 0 bridgehead atoms. The summed E-state index contributed by atoms with van der Waals surface area (Å²) in [6.45, 7) is 0. The Morgan fingerprint density at radius 1 is 0.667 bits per heavy atom. The molecule has 0 spiro atoms. The van der Waals surface area contributed by atoms with Crippen molar-refractivity contribution in [2.75, 3.05) is 0 Å². The van der Waals surface area contributed by atoms with Gasteiger partial charge in [0.25, 0.3) is 0 Å². The van der Waals surface area contributed by atoms with Crippen LogP contribution < -0.4 is 0 Å². The molecule has 0 radical (unpaired) electrons. The first-order valence-corrected chi connectivity index (χ1v) is 5.31. The van der Waals surface area contributed by atoms with Crippen LogP contribution in [0.5, 0.6) is 0 Å². The fourth-order valence-electron chi connectivity index (χ4n) is 0.177. The first-order chi connectivity index (χ1) is 5.39. The van der Waals surface area contributed by atoms with Crippen molar-refractivity contribution in [3.63, 3.8) is 0 Å². The number of rotatable bonds is 0. The van der Waals surface area contributed by atoms with Gasteiger partial charge in [-0.15, -0.1) is 0 Å². The molecule has 0 saturated carbocycles. The van der Waals surface area contributed by atoms with Gasteiger partial charge in [0.1, 0.15) is 0 Å². The molecule has 7 heteroatoms. The predicted molar refractivity (Wildman–Crippen MR) is 29.2 cm³/mol. The molecule has 0 saturated heterocycles. The third-order valence-corrected chi connectivity index (χ3v) is 3.88. The Labute approximate surface area is 66.5 Å². The summed E-state index contributed by atoms with van der Waals surface area (Å²) in [4.78, 5) is 3.19. The van der Waals surface area contributed by atoms with E-state index in [9.17, 15) is 3.55 Å². The zero-order valence-electron chi connectivity index (χ0n) is 5.47. The van der Waals surface area contributed by atoms with Crippen molar-refractivity contribution in [1.29, 1.82) is 26.3 Å². The Morgan fingerprint density at radius 2 is 0.833 bits per heavy atom. The van der Waals surface area contributed by atoms with Crippen molar-refractivity contribution < 1.29 is 14.7 Å². The van der Waals surface area contributed by atoms with Crippen molar-refractivity contribution >= 4 is 0 Å². The summed E-state index contributed by atoms with van der Waals surface area (Å²) >= 11 is -6.93. The maximum atomic E-state index is 13.6. The Bertz CT molecular complexity index is 352. The first kappa shape index (κ1) is 9.90. The molecule has 0 N–H and O–H groups in total. The third-order valence-electron chi connectivity index (χ3n) is 0.940. The number of hydrogen-bond donors (Lipinski definition) is 0. The molecular weight excluding hydrogens is 205 g/mol. The molecule has 0 aromatic carbocycles. The molecule has 0 aromatic heterocycles. The van der Waals surface area contributed by atoms with E-state index in [1.54, 1.807) is 0 Å². The van der Waals surface area contributed by atoms with Gasteiger partial charge in [-0.1, -0.05) is 0 Å². The van der Waals surface area contributed by atoms with Gasteiger partial charge < -0.3 is 0 Å². The second-order valence-corrected chi connectivity index (χ2v) is 6.65. The molecule has 0 unspecified atom stereocenters. The molecule has 0 aliphatic rings. The third kappa shape index (κ3) is 0.717. The van der Waals surface area contributed by atoms with Crippen LogP contribution in [0.15, 0.2) is 0 Å². The van der Waals surface area contributed by atoms with Gasteiger partial charge in [-0.2, -0.15) is 0 Å². The molecule has 5 nitrogen and oxygen atoms in total. The summed E-state index contributed by atoms with van der Waals surface area (Å²) in [5.74, 6) is 0. The van der Waals surface area contributed by atoms with Crippen LogP contribution in [0.4, 0.5) is 3.55 Å². The van der Waals surface area contributed by atoms with Gasteiger partial charge in [-0.3, -0.25) is 0 Å². The van der Waals surface area contributed by atoms with E-state index >= 15 is 0 Å². The molecule has 0 atom stereocenters. The first-order valence-electron chi connectivity index (χ1n) is 2.14.